The molecule has 0 atom stereocenters. The normalized spacial score (nSPS) is 16.9. The van der Waals surface area contributed by atoms with E-state index >= 15 is 0 Å². The quantitative estimate of drug-likeness (QED) is 0.631. The van der Waals surface area contributed by atoms with Gasteiger partial charge in [-0.2, -0.15) is 17.5 Å². The number of halogens is 3. The SMILES string of the molecule is Cc1ccc(S(=O)(=O)N2CCN(CC(=O)NCCOCC(F)(F)F)CC2)cc1. The number of rotatable bonds is 8. The van der Waals surface area contributed by atoms with E-state index in [1.165, 1.54) is 4.31 Å². The molecule has 28 heavy (non-hydrogen) atoms. The Balaban J connectivity index is 1.71. The van der Waals surface area contributed by atoms with Crippen LogP contribution in [0.1, 0.15) is 5.56 Å². The van der Waals surface area contributed by atoms with Crippen LogP contribution in [0.25, 0.3) is 0 Å². The van der Waals surface area contributed by atoms with Crippen molar-refractivity contribution in [2.75, 3.05) is 52.5 Å². The van der Waals surface area contributed by atoms with Crippen LogP contribution in [0.4, 0.5) is 13.2 Å². The molecule has 2 rings (SSSR count). The molecule has 1 aromatic rings. The summed E-state index contributed by atoms with van der Waals surface area (Å²) in [6.45, 7) is 1.65. The minimum Gasteiger partial charge on any atom is -0.370 e. The summed E-state index contributed by atoms with van der Waals surface area (Å²) >= 11 is 0. The molecule has 1 N–H and O–H groups in total. The molecular weight excluding hydrogens is 399 g/mol. The summed E-state index contributed by atoms with van der Waals surface area (Å²) in [5, 5.41) is 2.48. The highest BCUT2D eigenvalue weighted by Crippen LogP contribution is 2.18. The van der Waals surface area contributed by atoms with Gasteiger partial charge in [0.25, 0.3) is 0 Å². The van der Waals surface area contributed by atoms with Crippen LogP contribution in [0.5, 0.6) is 0 Å². The molecule has 0 aromatic heterocycles. The second kappa shape index (κ2) is 9.68. The van der Waals surface area contributed by atoms with E-state index in [-0.39, 0.29) is 43.6 Å². The molecule has 11 heteroatoms. The number of amides is 1. The van der Waals surface area contributed by atoms with E-state index in [2.05, 4.69) is 10.1 Å². The number of benzene rings is 1. The zero-order valence-corrected chi connectivity index (χ0v) is 16.4. The van der Waals surface area contributed by atoms with Gasteiger partial charge in [-0.3, -0.25) is 9.69 Å². The van der Waals surface area contributed by atoms with Crippen molar-refractivity contribution in [2.24, 2.45) is 0 Å². The van der Waals surface area contributed by atoms with Crippen molar-refractivity contribution in [1.29, 1.82) is 0 Å². The third-order valence-electron chi connectivity index (χ3n) is 4.19. The fourth-order valence-electron chi connectivity index (χ4n) is 2.70. The van der Waals surface area contributed by atoms with Crippen molar-refractivity contribution in [2.45, 2.75) is 18.0 Å². The molecule has 0 spiro atoms. The minimum atomic E-state index is -4.39. The predicted molar refractivity (Wildman–Crippen MR) is 96.3 cm³/mol. The van der Waals surface area contributed by atoms with Crippen LogP contribution in [0.15, 0.2) is 29.2 Å². The lowest BCUT2D eigenvalue weighted by Crippen LogP contribution is -2.51. The number of piperazine rings is 1. The molecule has 0 radical (unpaired) electrons. The second-order valence-corrected chi connectivity index (χ2v) is 8.45. The van der Waals surface area contributed by atoms with Gasteiger partial charge in [-0.25, -0.2) is 8.42 Å². The third kappa shape index (κ3) is 7.04. The Morgan fingerprint density at radius 1 is 1.14 bits per heavy atom. The standard InChI is InChI=1S/C17H24F3N3O4S/c1-14-2-4-15(5-3-14)28(25,26)23-9-7-22(8-10-23)12-16(24)21-6-11-27-13-17(18,19)20/h2-5H,6-13H2,1H3,(H,21,24). The van der Waals surface area contributed by atoms with Crippen LogP contribution >= 0.6 is 0 Å². The fourth-order valence-corrected chi connectivity index (χ4v) is 4.12. The largest absolute Gasteiger partial charge is 0.411 e. The van der Waals surface area contributed by atoms with Crippen LogP contribution in [-0.2, 0) is 19.6 Å². The number of alkyl halides is 3. The van der Waals surface area contributed by atoms with E-state index in [1.807, 2.05) is 6.92 Å². The molecule has 0 unspecified atom stereocenters. The Bertz CT molecular complexity index is 746. The van der Waals surface area contributed by atoms with E-state index in [0.717, 1.165) is 5.56 Å². The molecule has 1 fully saturated rings. The molecule has 0 aliphatic carbocycles. The van der Waals surface area contributed by atoms with Gasteiger partial charge in [0.15, 0.2) is 0 Å². The summed E-state index contributed by atoms with van der Waals surface area (Å²) in [5.74, 6) is -0.342. The summed E-state index contributed by atoms with van der Waals surface area (Å²) in [5.41, 5.74) is 0.971. The van der Waals surface area contributed by atoms with Crippen molar-refractivity contribution in [3.63, 3.8) is 0 Å². The van der Waals surface area contributed by atoms with E-state index in [9.17, 15) is 26.4 Å². The number of aryl methyl sites for hydroxylation is 1. The van der Waals surface area contributed by atoms with Gasteiger partial charge in [0, 0.05) is 32.7 Å². The van der Waals surface area contributed by atoms with Gasteiger partial charge < -0.3 is 10.1 Å². The smallest absolute Gasteiger partial charge is 0.370 e. The maximum Gasteiger partial charge on any atom is 0.411 e. The predicted octanol–water partition coefficient (Wildman–Crippen LogP) is 0.996. The lowest BCUT2D eigenvalue weighted by Gasteiger charge is -2.33. The first-order chi connectivity index (χ1) is 13.1. The number of nitrogens with one attached hydrogen (secondary N) is 1. The molecule has 1 saturated heterocycles. The monoisotopic (exact) mass is 423 g/mol. The highest BCUT2D eigenvalue weighted by atomic mass is 32.2. The fraction of sp³-hybridized carbons (Fsp3) is 0.588. The molecule has 0 bridgehead atoms. The maximum atomic E-state index is 12.6. The number of sulfonamides is 1. The Morgan fingerprint density at radius 2 is 1.75 bits per heavy atom. The summed E-state index contributed by atoms with van der Waals surface area (Å²) in [6.07, 6.45) is -4.39. The number of ether oxygens (including phenoxy) is 1. The van der Waals surface area contributed by atoms with Crippen LogP contribution in [-0.4, -0.2) is 82.2 Å². The Labute approximate surface area is 162 Å². The number of carbonyl (C=O) groups excluding carboxylic acids is 1. The van der Waals surface area contributed by atoms with E-state index < -0.39 is 22.8 Å². The lowest BCUT2D eigenvalue weighted by molar-refractivity contribution is -0.173. The first-order valence-corrected chi connectivity index (χ1v) is 10.2. The highest BCUT2D eigenvalue weighted by molar-refractivity contribution is 7.89. The molecule has 1 aromatic carbocycles. The van der Waals surface area contributed by atoms with Gasteiger partial charge >= 0.3 is 6.18 Å². The van der Waals surface area contributed by atoms with Crippen LogP contribution < -0.4 is 5.32 Å². The Morgan fingerprint density at radius 3 is 2.32 bits per heavy atom. The lowest BCUT2D eigenvalue weighted by atomic mass is 10.2. The molecule has 1 amide bonds. The van der Waals surface area contributed by atoms with Gasteiger partial charge in [0.05, 0.1) is 18.0 Å². The van der Waals surface area contributed by atoms with Crippen LogP contribution in [0, 0.1) is 6.92 Å². The number of carbonyl (C=O) groups is 1. The first kappa shape index (κ1) is 22.6. The zero-order chi connectivity index (χ0) is 20.8. The average molecular weight is 423 g/mol. The number of hydrogen-bond acceptors (Lipinski definition) is 5. The van der Waals surface area contributed by atoms with E-state index in [0.29, 0.717) is 13.1 Å². The van der Waals surface area contributed by atoms with Gasteiger partial charge in [-0.1, -0.05) is 17.7 Å². The molecule has 1 aliphatic heterocycles. The summed E-state index contributed by atoms with van der Waals surface area (Å²) in [4.78, 5) is 13.9. The molecule has 0 saturated carbocycles. The second-order valence-electron chi connectivity index (χ2n) is 6.51. The van der Waals surface area contributed by atoms with Crippen LogP contribution in [0.2, 0.25) is 0 Å². The highest BCUT2D eigenvalue weighted by Gasteiger charge is 2.29. The molecule has 1 aliphatic rings. The molecule has 158 valence electrons. The molecule has 1 heterocycles. The number of nitrogens with zero attached hydrogens (tertiary/aromatic N) is 2. The van der Waals surface area contributed by atoms with Crippen LogP contribution in [0.3, 0.4) is 0 Å². The van der Waals surface area contributed by atoms with Gasteiger partial charge in [0.1, 0.15) is 6.61 Å². The molecule has 7 nitrogen and oxygen atoms in total. The van der Waals surface area contributed by atoms with Crippen molar-refractivity contribution in [1.82, 2.24) is 14.5 Å². The third-order valence-corrected chi connectivity index (χ3v) is 6.10. The summed E-state index contributed by atoms with van der Waals surface area (Å²) < 4.78 is 66.8. The van der Waals surface area contributed by atoms with Crippen molar-refractivity contribution >= 4 is 15.9 Å². The maximum absolute atomic E-state index is 12.6. The topological polar surface area (TPSA) is 79.0 Å². The Kier molecular flexibility index (Phi) is 7.81. The number of hydrogen-bond donors (Lipinski definition) is 1. The molecular formula is C17H24F3N3O4S. The zero-order valence-electron chi connectivity index (χ0n) is 15.5. The van der Waals surface area contributed by atoms with Crippen molar-refractivity contribution in [3.05, 3.63) is 29.8 Å². The first-order valence-electron chi connectivity index (χ1n) is 8.78. The van der Waals surface area contributed by atoms with E-state index in [1.54, 1.807) is 29.2 Å². The van der Waals surface area contributed by atoms with Crippen molar-refractivity contribution < 1.29 is 31.1 Å². The van der Waals surface area contributed by atoms with Gasteiger partial charge in [-0.15, -0.1) is 0 Å². The average Bonchev–Trinajstić information content (AvgIpc) is 2.61. The Hall–Kier alpha value is -1.69. The van der Waals surface area contributed by atoms with Gasteiger partial charge in [-0.05, 0) is 19.1 Å². The van der Waals surface area contributed by atoms with Crippen molar-refractivity contribution in [3.8, 4) is 0 Å². The van der Waals surface area contributed by atoms with Gasteiger partial charge in [0.2, 0.25) is 15.9 Å². The minimum absolute atomic E-state index is 0.0172. The summed E-state index contributed by atoms with van der Waals surface area (Å²) in [6, 6.07) is 6.63. The van der Waals surface area contributed by atoms with E-state index in [4.69, 9.17) is 0 Å². The summed E-state index contributed by atoms with van der Waals surface area (Å²) in [7, 11) is -3.57.